The van der Waals surface area contributed by atoms with Gasteiger partial charge in [0.1, 0.15) is 0 Å². The molecule has 5 N–H and O–H groups in total. The molecule has 0 aromatic rings. The molecule has 96 valence electrons. The van der Waals surface area contributed by atoms with Gasteiger partial charge in [-0.15, -0.1) is 0 Å². The quantitative estimate of drug-likeness (QED) is 0.329. The molecule has 0 unspecified atom stereocenters. The van der Waals surface area contributed by atoms with Crippen molar-refractivity contribution in [3.05, 3.63) is 0 Å². The maximum Gasteiger partial charge on any atom is 0.340 e. The van der Waals surface area contributed by atoms with E-state index in [1.165, 1.54) is 0 Å². The summed E-state index contributed by atoms with van der Waals surface area (Å²) in [5, 5.41) is 6.26. The van der Waals surface area contributed by atoms with Crippen LogP contribution in [0, 0.1) is 0 Å². The number of hydrogen-bond acceptors (Lipinski definition) is 3. The van der Waals surface area contributed by atoms with Crippen molar-refractivity contribution in [3.8, 4) is 0 Å². The van der Waals surface area contributed by atoms with Crippen molar-refractivity contribution in [1.82, 2.24) is 0 Å². The first-order chi connectivity index (χ1) is 7.05. The topological polar surface area (TPSA) is 152 Å². The Morgan fingerprint density at radius 2 is 1.44 bits per heavy atom. The molecular weight excluding hydrogens is 262 g/mol. The highest BCUT2D eigenvalue weighted by molar-refractivity contribution is 7.70. The van der Waals surface area contributed by atoms with Gasteiger partial charge in [-0.05, 0) is 12.8 Å². The maximum atomic E-state index is 10.8. The largest absolute Gasteiger partial charge is 0.481 e. The smallest absolute Gasteiger partial charge is 0.340 e. The molecule has 0 aliphatic carbocycles. The summed E-state index contributed by atoms with van der Waals surface area (Å²) in [4.78, 5) is 45.0. The van der Waals surface area contributed by atoms with Crippen LogP contribution in [-0.2, 0) is 13.9 Å². The number of carbonyl (C=O) groups is 1. The third-order valence-electron chi connectivity index (χ3n) is 1.88. The second kappa shape index (κ2) is 5.91. The second-order valence-corrected chi connectivity index (χ2v) is 7.31. The Bertz CT molecular complexity index is 305. The maximum absolute atomic E-state index is 10.8. The molecule has 0 atom stereocenters. The fourth-order valence-electron chi connectivity index (χ4n) is 1.14. The highest BCUT2D eigenvalue weighted by Crippen LogP contribution is 2.61. The van der Waals surface area contributed by atoms with Gasteiger partial charge < -0.3 is 24.7 Å². The van der Waals surface area contributed by atoms with E-state index >= 15 is 0 Å². The summed E-state index contributed by atoms with van der Waals surface area (Å²) >= 11 is 0. The zero-order chi connectivity index (χ0) is 13.0. The van der Waals surface area contributed by atoms with Gasteiger partial charge in [-0.3, -0.25) is 13.9 Å². The standard InChI is InChI=1S/C6H14O8P2/c7-5(8)3-1-2-4-6(15(9,10)11)16(12,13)14/h6H,1-4H2,(H,7,8)(H2,9,10,11)(H2,12,13,14). The highest BCUT2D eigenvalue weighted by Gasteiger charge is 2.42. The molecule has 16 heavy (non-hydrogen) atoms. The van der Waals surface area contributed by atoms with Gasteiger partial charge in [0.05, 0.1) is 0 Å². The van der Waals surface area contributed by atoms with Crippen LogP contribution in [0.2, 0.25) is 0 Å². The van der Waals surface area contributed by atoms with E-state index in [2.05, 4.69) is 0 Å². The number of carboxylic acid groups (broad SMARTS) is 1. The Kier molecular flexibility index (Phi) is 5.82. The third kappa shape index (κ3) is 6.37. The molecule has 0 saturated heterocycles. The van der Waals surface area contributed by atoms with E-state index in [4.69, 9.17) is 24.7 Å². The SMILES string of the molecule is O=C(O)CCCCC(P(=O)(O)O)P(=O)(O)O. The number of hydrogen-bond donors (Lipinski definition) is 5. The van der Waals surface area contributed by atoms with Crippen LogP contribution in [0.15, 0.2) is 0 Å². The van der Waals surface area contributed by atoms with E-state index in [0.29, 0.717) is 0 Å². The summed E-state index contributed by atoms with van der Waals surface area (Å²) in [6, 6.07) is 0. The molecule has 0 rings (SSSR count). The summed E-state index contributed by atoms with van der Waals surface area (Å²) in [6.07, 6.45) is -0.449. The van der Waals surface area contributed by atoms with Gasteiger partial charge in [0.15, 0.2) is 5.40 Å². The summed E-state index contributed by atoms with van der Waals surface area (Å²) in [5.41, 5.74) is 0. The summed E-state index contributed by atoms with van der Waals surface area (Å²) in [5.74, 6) is -1.07. The zero-order valence-corrected chi connectivity index (χ0v) is 10.0. The van der Waals surface area contributed by atoms with Crippen molar-refractivity contribution in [2.45, 2.75) is 31.1 Å². The first-order valence-electron chi connectivity index (χ1n) is 4.37. The van der Waals surface area contributed by atoms with Gasteiger partial charge in [-0.1, -0.05) is 6.42 Å². The van der Waals surface area contributed by atoms with E-state index in [0.717, 1.165) is 0 Å². The molecule has 10 heteroatoms. The van der Waals surface area contributed by atoms with Crippen LogP contribution in [0.3, 0.4) is 0 Å². The van der Waals surface area contributed by atoms with Crippen molar-refractivity contribution >= 4 is 21.2 Å². The fourth-order valence-corrected chi connectivity index (χ4v) is 3.74. The van der Waals surface area contributed by atoms with Gasteiger partial charge in [0.25, 0.3) is 0 Å². The summed E-state index contributed by atoms with van der Waals surface area (Å²) < 4.78 is 21.6. The Balaban J connectivity index is 4.32. The van der Waals surface area contributed by atoms with Gasteiger partial charge in [0, 0.05) is 6.42 Å². The van der Waals surface area contributed by atoms with E-state index in [9.17, 15) is 13.9 Å². The lowest BCUT2D eigenvalue weighted by Crippen LogP contribution is -2.09. The minimum absolute atomic E-state index is 0.0349. The van der Waals surface area contributed by atoms with Crippen LogP contribution in [0.25, 0.3) is 0 Å². The molecule has 0 amide bonds. The fraction of sp³-hybridized carbons (Fsp3) is 0.833. The lowest BCUT2D eigenvalue weighted by molar-refractivity contribution is -0.137. The lowest BCUT2D eigenvalue weighted by atomic mass is 10.2. The third-order valence-corrected chi connectivity index (χ3v) is 5.75. The molecule has 0 bridgehead atoms. The zero-order valence-electron chi connectivity index (χ0n) is 8.26. The van der Waals surface area contributed by atoms with Crippen molar-refractivity contribution in [2.24, 2.45) is 0 Å². The average molecular weight is 276 g/mol. The minimum Gasteiger partial charge on any atom is -0.481 e. The van der Waals surface area contributed by atoms with Crippen LogP contribution < -0.4 is 0 Å². The van der Waals surface area contributed by atoms with Crippen molar-refractivity contribution in [2.75, 3.05) is 0 Å². The predicted octanol–water partition coefficient (Wildman–Crippen LogP) is 0.313. The normalized spacial score (nSPS) is 13.1. The molecule has 0 saturated carbocycles. The Morgan fingerprint density at radius 1 is 1.00 bits per heavy atom. The first-order valence-corrected chi connectivity index (χ1v) is 7.73. The lowest BCUT2D eigenvalue weighted by Gasteiger charge is -2.18. The Hall–Kier alpha value is -0.230. The molecule has 0 aromatic carbocycles. The van der Waals surface area contributed by atoms with Gasteiger partial charge in [-0.25, -0.2) is 0 Å². The molecule has 0 aliphatic heterocycles. The number of carboxylic acids is 1. The van der Waals surface area contributed by atoms with Crippen LogP contribution in [0.5, 0.6) is 0 Å². The molecular formula is C6H14O8P2. The van der Waals surface area contributed by atoms with Crippen LogP contribution in [0.1, 0.15) is 25.7 Å². The van der Waals surface area contributed by atoms with Gasteiger partial charge >= 0.3 is 21.2 Å². The molecule has 0 spiro atoms. The van der Waals surface area contributed by atoms with Gasteiger partial charge in [0.2, 0.25) is 0 Å². The molecule has 0 aromatic heterocycles. The first kappa shape index (κ1) is 15.8. The highest BCUT2D eigenvalue weighted by atomic mass is 31.2. The predicted molar refractivity (Wildman–Crippen MR) is 54.0 cm³/mol. The Morgan fingerprint density at radius 3 is 1.75 bits per heavy atom. The number of rotatable bonds is 7. The van der Waals surface area contributed by atoms with E-state index in [1.54, 1.807) is 0 Å². The average Bonchev–Trinajstić information content (AvgIpc) is 1.97. The summed E-state index contributed by atoms with van der Waals surface area (Å²) in [7, 11) is -9.74. The number of aliphatic carboxylic acids is 1. The van der Waals surface area contributed by atoms with E-state index < -0.39 is 33.0 Å². The molecule has 0 fully saturated rings. The van der Waals surface area contributed by atoms with Crippen LogP contribution in [-0.4, -0.2) is 36.0 Å². The Labute approximate surface area is 91.6 Å². The van der Waals surface area contributed by atoms with Crippen molar-refractivity contribution < 1.29 is 38.6 Å². The van der Waals surface area contributed by atoms with Crippen LogP contribution >= 0.6 is 15.2 Å². The van der Waals surface area contributed by atoms with E-state index in [1.807, 2.05) is 0 Å². The monoisotopic (exact) mass is 276 g/mol. The van der Waals surface area contributed by atoms with Crippen molar-refractivity contribution in [1.29, 1.82) is 0 Å². The molecule has 0 heterocycles. The number of unbranched alkanes of at least 4 members (excludes halogenated alkanes) is 1. The molecule has 0 radical (unpaired) electrons. The van der Waals surface area contributed by atoms with Crippen molar-refractivity contribution in [3.63, 3.8) is 0 Å². The second-order valence-electron chi connectivity index (χ2n) is 3.30. The molecule has 8 nitrogen and oxygen atoms in total. The van der Waals surface area contributed by atoms with E-state index in [-0.39, 0.29) is 19.3 Å². The summed E-state index contributed by atoms with van der Waals surface area (Å²) in [6.45, 7) is 0. The van der Waals surface area contributed by atoms with Crippen LogP contribution in [0.4, 0.5) is 0 Å². The molecule has 0 aliphatic rings. The minimum atomic E-state index is -4.87. The van der Waals surface area contributed by atoms with Gasteiger partial charge in [-0.2, -0.15) is 0 Å².